The molecule has 1 aromatic rings. The van der Waals surface area contributed by atoms with Crippen molar-refractivity contribution in [3.05, 3.63) is 52.1 Å². The van der Waals surface area contributed by atoms with Gasteiger partial charge in [0.05, 0.1) is 11.5 Å². The number of aliphatic hydroxyl groups excluding tert-OH is 1. The van der Waals surface area contributed by atoms with E-state index in [0.29, 0.717) is 5.69 Å². The predicted octanol–water partition coefficient (Wildman–Crippen LogP) is 1.67. The van der Waals surface area contributed by atoms with Crippen LogP contribution in [0.25, 0.3) is 0 Å². The van der Waals surface area contributed by atoms with Crippen LogP contribution in [0.2, 0.25) is 0 Å². The van der Waals surface area contributed by atoms with E-state index >= 15 is 0 Å². The highest BCUT2D eigenvalue weighted by Gasteiger charge is 2.29. The summed E-state index contributed by atoms with van der Waals surface area (Å²) in [5.41, 5.74) is -0.646. The Labute approximate surface area is 103 Å². The highest BCUT2D eigenvalue weighted by Crippen LogP contribution is 2.10. The summed E-state index contributed by atoms with van der Waals surface area (Å²) in [7, 11) is 0. The molecule has 1 amide bonds. The quantitative estimate of drug-likeness (QED) is 0.359. The topological polar surface area (TPSA) is 102 Å². The summed E-state index contributed by atoms with van der Waals surface area (Å²) < 4.78 is 4.56. The number of rotatable bonds is 5. The number of aliphatic hydroxyl groups is 1. The molecule has 0 aliphatic carbocycles. The number of benzene rings is 1. The number of hydrogen-bond donors (Lipinski definition) is 2. The monoisotopic (exact) mass is 252 g/mol. The zero-order valence-corrected chi connectivity index (χ0v) is 9.62. The normalized spacial score (nSPS) is 11.4. The Hall–Kier alpha value is -2.57. The molecule has 0 atom stereocenters. The maximum atomic E-state index is 11.6. The van der Waals surface area contributed by atoms with E-state index < -0.39 is 22.5 Å². The number of amides is 1. The lowest BCUT2D eigenvalue weighted by Gasteiger charge is -2.05. The molecule has 7 heteroatoms. The van der Waals surface area contributed by atoms with Crippen LogP contribution >= 0.6 is 0 Å². The number of hydrogen-bond acceptors (Lipinski definition) is 5. The van der Waals surface area contributed by atoms with Crippen molar-refractivity contribution in [2.24, 2.45) is 0 Å². The lowest BCUT2D eigenvalue weighted by molar-refractivity contribution is -0.424. The molecule has 0 aliphatic rings. The lowest BCUT2D eigenvalue weighted by atomic mass is 10.3. The van der Waals surface area contributed by atoms with Gasteiger partial charge in [0.1, 0.15) is 0 Å². The van der Waals surface area contributed by atoms with Crippen molar-refractivity contribution in [3.8, 4) is 0 Å². The van der Waals surface area contributed by atoms with Crippen LogP contribution in [0.5, 0.6) is 0 Å². The first-order valence-corrected chi connectivity index (χ1v) is 5.13. The second-order valence-electron chi connectivity index (χ2n) is 3.16. The fourth-order valence-corrected chi connectivity index (χ4v) is 1.17. The van der Waals surface area contributed by atoms with Crippen molar-refractivity contribution in [3.63, 3.8) is 0 Å². The minimum atomic E-state index is -1.04. The van der Waals surface area contributed by atoms with Crippen LogP contribution in [0.15, 0.2) is 42.0 Å². The van der Waals surface area contributed by atoms with Crippen molar-refractivity contribution in [1.82, 2.24) is 0 Å². The number of nitrogens with zero attached hydrogens (tertiary/aromatic N) is 1. The molecule has 0 aliphatic heterocycles. The summed E-state index contributed by atoms with van der Waals surface area (Å²) in [6, 6.07) is 8.18. The highest BCUT2D eigenvalue weighted by atomic mass is 16.6. The number of carbonyl (C=O) groups excluding carboxylic acids is 1. The van der Waals surface area contributed by atoms with Crippen LogP contribution in [-0.4, -0.2) is 22.5 Å². The third kappa shape index (κ3) is 3.48. The Bertz CT molecular complexity index is 470. The molecule has 0 saturated heterocycles. The van der Waals surface area contributed by atoms with Crippen LogP contribution < -0.4 is 5.32 Å². The van der Waals surface area contributed by atoms with E-state index in [1.807, 2.05) is 0 Å². The van der Waals surface area contributed by atoms with Gasteiger partial charge in [-0.25, -0.2) is 0 Å². The summed E-state index contributed by atoms with van der Waals surface area (Å²) in [5.74, 6) is -2.05. The van der Waals surface area contributed by atoms with Crippen molar-refractivity contribution >= 4 is 11.6 Å². The molecule has 0 heterocycles. The summed E-state index contributed by atoms with van der Waals surface area (Å²) in [6.07, 6.45) is 0. The summed E-state index contributed by atoms with van der Waals surface area (Å²) in [6.45, 7) is 1.55. The molecule has 96 valence electrons. The molecule has 18 heavy (non-hydrogen) atoms. The third-order valence-electron chi connectivity index (χ3n) is 1.91. The van der Waals surface area contributed by atoms with E-state index in [1.165, 1.54) is 6.92 Å². The minimum absolute atomic E-state index is 0.0157. The molecule has 2 N–H and O–H groups in total. The van der Waals surface area contributed by atoms with Gasteiger partial charge in [-0.15, -0.1) is 0 Å². The molecule has 7 nitrogen and oxygen atoms in total. The summed E-state index contributed by atoms with van der Waals surface area (Å²) in [5, 5.41) is 22.3. The van der Waals surface area contributed by atoms with Gasteiger partial charge >= 0.3 is 17.5 Å². The van der Waals surface area contributed by atoms with E-state index in [0.717, 1.165) is 0 Å². The standard InChI is InChI=1S/C11H12N2O5/c1-2-18-11(15)9(13(16)17)10(14)12-8-6-4-3-5-7-8/h3-7,15H,2H2,1H3,(H,12,14)/b11-9-. The molecular weight excluding hydrogens is 240 g/mol. The number of nitro groups is 1. The summed E-state index contributed by atoms with van der Waals surface area (Å²) >= 11 is 0. The van der Waals surface area contributed by atoms with Crippen LogP contribution in [0.1, 0.15) is 6.92 Å². The Morgan fingerprint density at radius 3 is 2.56 bits per heavy atom. The van der Waals surface area contributed by atoms with Crippen LogP contribution in [0, 0.1) is 10.1 Å². The van der Waals surface area contributed by atoms with Gasteiger partial charge in [-0.3, -0.25) is 14.9 Å². The van der Waals surface area contributed by atoms with Gasteiger partial charge in [-0.2, -0.15) is 0 Å². The van der Waals surface area contributed by atoms with E-state index in [2.05, 4.69) is 10.1 Å². The van der Waals surface area contributed by atoms with Gasteiger partial charge in [-0.05, 0) is 19.1 Å². The first kappa shape index (κ1) is 13.5. The Kier molecular flexibility index (Phi) is 4.67. The third-order valence-corrected chi connectivity index (χ3v) is 1.91. The van der Waals surface area contributed by atoms with E-state index in [1.54, 1.807) is 30.3 Å². The van der Waals surface area contributed by atoms with Gasteiger partial charge in [0.2, 0.25) is 0 Å². The van der Waals surface area contributed by atoms with Gasteiger partial charge in [0.15, 0.2) is 0 Å². The molecule has 0 saturated carbocycles. The minimum Gasteiger partial charge on any atom is -0.476 e. The van der Waals surface area contributed by atoms with Gasteiger partial charge in [0, 0.05) is 5.69 Å². The smallest absolute Gasteiger partial charge is 0.412 e. The zero-order chi connectivity index (χ0) is 13.5. The second kappa shape index (κ2) is 6.24. The number of nitrogens with one attached hydrogen (secondary N) is 1. The Balaban J connectivity index is 2.92. The molecule has 0 aromatic heterocycles. The van der Waals surface area contributed by atoms with Crippen molar-refractivity contribution < 1.29 is 19.6 Å². The lowest BCUT2D eigenvalue weighted by Crippen LogP contribution is -2.22. The average molecular weight is 252 g/mol. The Morgan fingerprint density at radius 2 is 2.06 bits per heavy atom. The van der Waals surface area contributed by atoms with E-state index in [-0.39, 0.29) is 6.61 Å². The molecule has 0 unspecified atom stereocenters. The molecule has 0 spiro atoms. The predicted molar refractivity (Wildman–Crippen MR) is 63.3 cm³/mol. The second-order valence-corrected chi connectivity index (χ2v) is 3.16. The first-order valence-electron chi connectivity index (χ1n) is 5.13. The van der Waals surface area contributed by atoms with Gasteiger partial charge in [0.25, 0.3) is 0 Å². The fraction of sp³-hybridized carbons (Fsp3) is 0.182. The van der Waals surface area contributed by atoms with Gasteiger partial charge < -0.3 is 15.2 Å². The maximum Gasteiger partial charge on any atom is 0.412 e. The number of carbonyl (C=O) groups is 1. The van der Waals surface area contributed by atoms with E-state index in [9.17, 15) is 20.0 Å². The largest absolute Gasteiger partial charge is 0.476 e. The van der Waals surface area contributed by atoms with Crippen LogP contribution in [0.3, 0.4) is 0 Å². The number of anilines is 1. The molecule has 0 fully saturated rings. The fourth-order valence-electron chi connectivity index (χ4n) is 1.17. The Morgan fingerprint density at radius 1 is 1.44 bits per heavy atom. The van der Waals surface area contributed by atoms with E-state index in [4.69, 9.17) is 0 Å². The number of para-hydroxylation sites is 1. The molecule has 0 radical (unpaired) electrons. The van der Waals surface area contributed by atoms with Crippen LogP contribution in [0.4, 0.5) is 5.69 Å². The molecular formula is C11H12N2O5. The summed E-state index contributed by atoms with van der Waals surface area (Å²) in [4.78, 5) is 21.3. The molecule has 0 bridgehead atoms. The highest BCUT2D eigenvalue weighted by molar-refractivity contribution is 6.01. The molecule has 1 rings (SSSR count). The maximum absolute atomic E-state index is 11.6. The van der Waals surface area contributed by atoms with Gasteiger partial charge in [-0.1, -0.05) is 18.2 Å². The van der Waals surface area contributed by atoms with Crippen molar-refractivity contribution in [2.45, 2.75) is 6.92 Å². The molecule has 1 aromatic carbocycles. The SMILES string of the molecule is CCO/C(O)=C(/C(=O)Nc1ccccc1)[N+](=O)[O-]. The zero-order valence-electron chi connectivity index (χ0n) is 9.62. The first-order chi connectivity index (χ1) is 8.56. The van der Waals surface area contributed by atoms with Crippen LogP contribution in [-0.2, 0) is 9.53 Å². The van der Waals surface area contributed by atoms with Crippen molar-refractivity contribution in [1.29, 1.82) is 0 Å². The number of ether oxygens (including phenoxy) is 1. The average Bonchev–Trinajstić information content (AvgIpc) is 2.30. The van der Waals surface area contributed by atoms with Crippen molar-refractivity contribution in [2.75, 3.05) is 11.9 Å².